The van der Waals surface area contributed by atoms with E-state index in [4.69, 9.17) is 0 Å². The molecule has 2 amide bonds. The second-order valence-corrected chi connectivity index (χ2v) is 4.33. The molecule has 0 saturated carbocycles. The molecule has 2 rings (SSSR count). The van der Waals surface area contributed by atoms with E-state index >= 15 is 0 Å². The molecular formula is C13H17N3O2. The van der Waals surface area contributed by atoms with Crippen molar-refractivity contribution in [2.45, 2.75) is 19.8 Å². The first-order valence-corrected chi connectivity index (χ1v) is 6.20. The Kier molecular flexibility index (Phi) is 3.92. The van der Waals surface area contributed by atoms with Gasteiger partial charge in [-0.25, -0.2) is 0 Å². The highest BCUT2D eigenvalue weighted by Crippen LogP contribution is 2.19. The molecule has 2 heterocycles. The maximum atomic E-state index is 12.4. The molecule has 1 unspecified atom stereocenters. The lowest BCUT2D eigenvalue weighted by Gasteiger charge is -2.28. The van der Waals surface area contributed by atoms with E-state index in [0.717, 1.165) is 5.69 Å². The third kappa shape index (κ3) is 2.67. The Morgan fingerprint density at radius 2 is 2.22 bits per heavy atom. The number of carbonyl (C=O) groups excluding carboxylic acids is 2. The van der Waals surface area contributed by atoms with Gasteiger partial charge in [0.1, 0.15) is 0 Å². The lowest BCUT2D eigenvalue weighted by atomic mass is 9.97. The quantitative estimate of drug-likeness (QED) is 0.865. The molecule has 5 heteroatoms. The average Bonchev–Trinajstić information content (AvgIpc) is 2.41. The largest absolute Gasteiger partial charge is 0.355 e. The number of rotatable bonds is 3. The molecule has 1 N–H and O–H groups in total. The maximum Gasteiger partial charge on any atom is 0.231 e. The van der Waals surface area contributed by atoms with Crippen molar-refractivity contribution >= 4 is 17.5 Å². The Hall–Kier alpha value is -1.91. The summed E-state index contributed by atoms with van der Waals surface area (Å²) in [4.78, 5) is 29.2. The zero-order valence-electron chi connectivity index (χ0n) is 10.4. The van der Waals surface area contributed by atoms with Crippen molar-refractivity contribution in [1.29, 1.82) is 0 Å². The molecule has 1 aromatic heterocycles. The van der Waals surface area contributed by atoms with Crippen LogP contribution < -0.4 is 10.2 Å². The summed E-state index contributed by atoms with van der Waals surface area (Å²) in [6.07, 6.45) is 4.42. The van der Waals surface area contributed by atoms with E-state index in [1.54, 1.807) is 17.3 Å². The van der Waals surface area contributed by atoms with E-state index in [0.29, 0.717) is 25.9 Å². The van der Waals surface area contributed by atoms with Crippen molar-refractivity contribution in [3.8, 4) is 0 Å². The Labute approximate surface area is 106 Å². The number of pyridine rings is 1. The van der Waals surface area contributed by atoms with Crippen LogP contribution in [0.25, 0.3) is 0 Å². The molecule has 1 aliphatic rings. The zero-order chi connectivity index (χ0) is 13.0. The van der Waals surface area contributed by atoms with Crippen molar-refractivity contribution in [2.75, 3.05) is 18.0 Å². The first-order chi connectivity index (χ1) is 8.72. The standard InChI is InChI=1S/C13H17N3O2/c1-2-16(11-5-7-14-8-6-11)13(18)10-3-4-12(17)15-9-10/h5-8,10H,2-4,9H2,1H3,(H,15,17). The van der Waals surface area contributed by atoms with Crippen molar-refractivity contribution in [1.82, 2.24) is 10.3 Å². The molecule has 0 aromatic carbocycles. The number of nitrogens with zero attached hydrogens (tertiary/aromatic N) is 2. The molecule has 1 atom stereocenters. The maximum absolute atomic E-state index is 12.4. The van der Waals surface area contributed by atoms with Gasteiger partial charge in [-0.3, -0.25) is 14.6 Å². The molecule has 1 aliphatic heterocycles. The highest BCUT2D eigenvalue weighted by atomic mass is 16.2. The third-order valence-electron chi connectivity index (χ3n) is 3.17. The van der Waals surface area contributed by atoms with Crippen LogP contribution in [0, 0.1) is 5.92 Å². The van der Waals surface area contributed by atoms with Gasteiger partial charge in [-0.15, -0.1) is 0 Å². The summed E-state index contributed by atoms with van der Waals surface area (Å²) in [5.41, 5.74) is 0.856. The number of anilines is 1. The van der Waals surface area contributed by atoms with Gasteiger partial charge in [-0.05, 0) is 25.5 Å². The molecule has 1 saturated heterocycles. The predicted octanol–water partition coefficient (Wildman–Crippen LogP) is 0.961. The summed E-state index contributed by atoms with van der Waals surface area (Å²) in [7, 11) is 0. The summed E-state index contributed by atoms with van der Waals surface area (Å²) < 4.78 is 0. The minimum atomic E-state index is -0.115. The molecule has 0 spiro atoms. The van der Waals surface area contributed by atoms with Crippen LogP contribution in [0.5, 0.6) is 0 Å². The highest BCUT2D eigenvalue weighted by Gasteiger charge is 2.28. The van der Waals surface area contributed by atoms with Gasteiger partial charge in [0.2, 0.25) is 11.8 Å². The van der Waals surface area contributed by atoms with E-state index in [-0.39, 0.29) is 17.7 Å². The molecule has 1 fully saturated rings. The van der Waals surface area contributed by atoms with Crippen LogP contribution in [0.3, 0.4) is 0 Å². The summed E-state index contributed by atoms with van der Waals surface area (Å²) in [6.45, 7) is 3.01. The van der Waals surface area contributed by atoms with Crippen LogP contribution >= 0.6 is 0 Å². The first kappa shape index (κ1) is 12.5. The molecule has 0 bridgehead atoms. The smallest absolute Gasteiger partial charge is 0.231 e. The lowest BCUT2D eigenvalue weighted by molar-refractivity contribution is -0.127. The summed E-state index contributed by atoms with van der Waals surface area (Å²) >= 11 is 0. The van der Waals surface area contributed by atoms with Crippen LogP contribution in [0.15, 0.2) is 24.5 Å². The van der Waals surface area contributed by atoms with Crippen LogP contribution in [0.1, 0.15) is 19.8 Å². The Morgan fingerprint density at radius 1 is 1.50 bits per heavy atom. The van der Waals surface area contributed by atoms with Gasteiger partial charge in [-0.2, -0.15) is 0 Å². The average molecular weight is 247 g/mol. The molecule has 0 aliphatic carbocycles. The first-order valence-electron chi connectivity index (χ1n) is 6.20. The second kappa shape index (κ2) is 5.62. The minimum absolute atomic E-state index is 0.0333. The number of nitrogens with one attached hydrogen (secondary N) is 1. The lowest BCUT2D eigenvalue weighted by Crippen LogP contribution is -2.45. The van der Waals surface area contributed by atoms with Crippen molar-refractivity contribution in [2.24, 2.45) is 5.92 Å². The van der Waals surface area contributed by atoms with Gasteiger partial charge < -0.3 is 10.2 Å². The molecule has 18 heavy (non-hydrogen) atoms. The summed E-state index contributed by atoms with van der Waals surface area (Å²) in [6, 6.07) is 3.64. The Morgan fingerprint density at radius 3 is 2.78 bits per heavy atom. The SMILES string of the molecule is CCN(C(=O)C1CCC(=O)NC1)c1ccncc1. The molecule has 96 valence electrons. The number of hydrogen-bond acceptors (Lipinski definition) is 3. The molecular weight excluding hydrogens is 230 g/mol. The van der Waals surface area contributed by atoms with Crippen LogP contribution in [0.4, 0.5) is 5.69 Å². The van der Waals surface area contributed by atoms with Crippen molar-refractivity contribution in [3.63, 3.8) is 0 Å². The molecule has 5 nitrogen and oxygen atoms in total. The van der Waals surface area contributed by atoms with Gasteiger partial charge in [0, 0.05) is 37.6 Å². The second-order valence-electron chi connectivity index (χ2n) is 4.33. The fourth-order valence-electron chi connectivity index (χ4n) is 2.15. The van der Waals surface area contributed by atoms with Crippen LogP contribution in [-0.4, -0.2) is 29.9 Å². The zero-order valence-corrected chi connectivity index (χ0v) is 10.4. The highest BCUT2D eigenvalue weighted by molar-refractivity contribution is 5.96. The predicted molar refractivity (Wildman–Crippen MR) is 68.0 cm³/mol. The summed E-state index contributed by atoms with van der Waals surface area (Å²) in [5, 5.41) is 2.74. The summed E-state index contributed by atoms with van der Waals surface area (Å²) in [5.74, 6) is -0.00877. The number of hydrogen-bond donors (Lipinski definition) is 1. The number of carbonyl (C=O) groups is 2. The number of amides is 2. The Balaban J connectivity index is 2.09. The Bertz CT molecular complexity index is 423. The number of aromatic nitrogens is 1. The monoisotopic (exact) mass is 247 g/mol. The van der Waals surface area contributed by atoms with Crippen LogP contribution in [-0.2, 0) is 9.59 Å². The molecule has 1 aromatic rings. The van der Waals surface area contributed by atoms with Gasteiger partial charge in [-0.1, -0.05) is 0 Å². The van der Waals surface area contributed by atoms with Gasteiger partial charge >= 0.3 is 0 Å². The fourth-order valence-corrected chi connectivity index (χ4v) is 2.15. The normalized spacial score (nSPS) is 19.2. The van der Waals surface area contributed by atoms with E-state index in [2.05, 4.69) is 10.3 Å². The topological polar surface area (TPSA) is 62.3 Å². The molecule has 0 radical (unpaired) electrons. The van der Waals surface area contributed by atoms with E-state index in [1.807, 2.05) is 19.1 Å². The fraction of sp³-hybridized carbons (Fsp3) is 0.462. The van der Waals surface area contributed by atoms with E-state index < -0.39 is 0 Å². The number of piperidine rings is 1. The van der Waals surface area contributed by atoms with Crippen LogP contribution in [0.2, 0.25) is 0 Å². The van der Waals surface area contributed by atoms with E-state index in [1.165, 1.54) is 0 Å². The van der Waals surface area contributed by atoms with Gasteiger partial charge in [0.25, 0.3) is 0 Å². The van der Waals surface area contributed by atoms with E-state index in [9.17, 15) is 9.59 Å². The van der Waals surface area contributed by atoms with Crippen molar-refractivity contribution < 1.29 is 9.59 Å². The third-order valence-corrected chi connectivity index (χ3v) is 3.17. The minimum Gasteiger partial charge on any atom is -0.355 e. The van der Waals surface area contributed by atoms with Crippen molar-refractivity contribution in [3.05, 3.63) is 24.5 Å². The van der Waals surface area contributed by atoms with Gasteiger partial charge in [0.15, 0.2) is 0 Å². The van der Waals surface area contributed by atoms with Gasteiger partial charge in [0.05, 0.1) is 5.92 Å².